The van der Waals surface area contributed by atoms with Gasteiger partial charge in [-0.3, -0.25) is 14.0 Å². The van der Waals surface area contributed by atoms with Crippen LogP contribution in [0.2, 0.25) is 5.02 Å². The maximum absolute atomic E-state index is 13.2. The molecule has 0 N–H and O–H groups in total. The van der Waals surface area contributed by atoms with E-state index in [0.29, 0.717) is 22.1 Å². The highest BCUT2D eigenvalue weighted by Crippen LogP contribution is 2.27. The van der Waals surface area contributed by atoms with Crippen molar-refractivity contribution in [3.8, 4) is 17.0 Å². The van der Waals surface area contributed by atoms with Crippen LogP contribution in [0.4, 0.5) is 0 Å². The molecule has 0 aliphatic heterocycles. The molecule has 2 aromatic heterocycles. The summed E-state index contributed by atoms with van der Waals surface area (Å²) in [7, 11) is 1.58. The fraction of sp³-hybridized carbons (Fsp3) is 0.0455. The third kappa shape index (κ3) is 3.17. The predicted molar refractivity (Wildman–Crippen MR) is 107 cm³/mol. The van der Waals surface area contributed by atoms with Crippen LogP contribution < -0.4 is 4.74 Å². The van der Waals surface area contributed by atoms with Gasteiger partial charge in [-0.05, 0) is 60.7 Å². The Bertz CT molecular complexity index is 1180. The average Bonchev–Trinajstić information content (AvgIpc) is 3.13. The zero-order valence-electron chi connectivity index (χ0n) is 14.9. The van der Waals surface area contributed by atoms with Crippen molar-refractivity contribution < 1.29 is 14.3 Å². The summed E-state index contributed by atoms with van der Waals surface area (Å²) < 4.78 is 6.82. The highest BCUT2D eigenvalue weighted by atomic mass is 35.5. The molecule has 0 atom stereocenters. The second-order valence-corrected chi connectivity index (χ2v) is 6.57. The molecule has 0 unspecified atom stereocenters. The van der Waals surface area contributed by atoms with Crippen molar-refractivity contribution in [1.29, 1.82) is 0 Å². The number of benzene rings is 2. The van der Waals surface area contributed by atoms with Crippen LogP contribution in [0.25, 0.3) is 16.9 Å². The van der Waals surface area contributed by atoms with Crippen LogP contribution in [0.5, 0.6) is 5.75 Å². The minimum Gasteiger partial charge on any atom is -0.497 e. The minimum absolute atomic E-state index is 0.223. The van der Waals surface area contributed by atoms with Crippen molar-refractivity contribution in [3.05, 3.63) is 89.2 Å². The van der Waals surface area contributed by atoms with Crippen molar-refractivity contribution in [1.82, 2.24) is 9.38 Å². The van der Waals surface area contributed by atoms with Gasteiger partial charge in [-0.2, -0.15) is 0 Å². The molecule has 0 aliphatic carbocycles. The van der Waals surface area contributed by atoms with Gasteiger partial charge in [0.2, 0.25) is 5.78 Å². The number of halogens is 1. The first kappa shape index (κ1) is 17.9. The van der Waals surface area contributed by atoms with Crippen LogP contribution in [-0.4, -0.2) is 28.1 Å². The lowest BCUT2D eigenvalue weighted by Crippen LogP contribution is -2.17. The van der Waals surface area contributed by atoms with Gasteiger partial charge in [0, 0.05) is 22.3 Å². The fourth-order valence-corrected chi connectivity index (χ4v) is 3.13. The van der Waals surface area contributed by atoms with E-state index < -0.39 is 11.6 Å². The molecule has 28 heavy (non-hydrogen) atoms. The maximum Gasteiger partial charge on any atom is 0.252 e. The monoisotopic (exact) mass is 390 g/mol. The molecular weight excluding hydrogens is 376 g/mol. The average molecular weight is 391 g/mol. The van der Waals surface area contributed by atoms with Crippen LogP contribution in [-0.2, 0) is 0 Å². The Kier molecular flexibility index (Phi) is 4.67. The van der Waals surface area contributed by atoms with Gasteiger partial charge in [0.15, 0.2) is 0 Å². The number of carbonyl (C=O) groups is 2. The number of hydrogen-bond donors (Lipinski definition) is 0. The van der Waals surface area contributed by atoms with Crippen LogP contribution in [0.3, 0.4) is 0 Å². The standard InChI is InChI=1S/C22H15ClN2O3/c1-28-17-11-7-14(8-12-17)19-20(25-13-3-2-4-18(25)24-19)22(27)21(26)15-5-9-16(23)10-6-15/h2-13H,1H3. The Morgan fingerprint density at radius 2 is 1.64 bits per heavy atom. The van der Waals surface area contributed by atoms with Gasteiger partial charge in [0.05, 0.1) is 7.11 Å². The van der Waals surface area contributed by atoms with Gasteiger partial charge in [-0.15, -0.1) is 0 Å². The molecule has 2 aromatic carbocycles. The number of imidazole rings is 1. The van der Waals surface area contributed by atoms with Gasteiger partial charge in [-0.1, -0.05) is 17.7 Å². The number of rotatable bonds is 5. The largest absolute Gasteiger partial charge is 0.497 e. The van der Waals surface area contributed by atoms with Crippen molar-refractivity contribution in [2.75, 3.05) is 7.11 Å². The molecule has 138 valence electrons. The molecule has 6 heteroatoms. The van der Waals surface area contributed by atoms with Crippen LogP contribution in [0.1, 0.15) is 20.8 Å². The van der Waals surface area contributed by atoms with Crippen LogP contribution in [0.15, 0.2) is 72.9 Å². The van der Waals surface area contributed by atoms with E-state index in [9.17, 15) is 9.59 Å². The Morgan fingerprint density at radius 1 is 0.929 bits per heavy atom. The summed E-state index contributed by atoms with van der Waals surface area (Å²) in [4.78, 5) is 30.6. The number of hydrogen-bond acceptors (Lipinski definition) is 4. The molecule has 0 saturated carbocycles. The third-order valence-electron chi connectivity index (χ3n) is 4.42. The topological polar surface area (TPSA) is 60.7 Å². The first-order valence-electron chi connectivity index (χ1n) is 8.54. The van der Waals surface area contributed by atoms with E-state index in [1.54, 1.807) is 66.2 Å². The first-order valence-corrected chi connectivity index (χ1v) is 8.92. The Morgan fingerprint density at radius 3 is 2.32 bits per heavy atom. The van der Waals surface area contributed by atoms with Gasteiger partial charge >= 0.3 is 0 Å². The summed E-state index contributed by atoms with van der Waals surface area (Å²) in [5.41, 5.74) is 2.25. The smallest absolute Gasteiger partial charge is 0.252 e. The summed E-state index contributed by atoms with van der Waals surface area (Å²) in [5, 5.41) is 0.498. The molecule has 0 amide bonds. The fourth-order valence-electron chi connectivity index (χ4n) is 3.00. The van der Waals surface area contributed by atoms with Gasteiger partial charge < -0.3 is 4.74 Å². The van der Waals surface area contributed by atoms with Gasteiger partial charge in [0.1, 0.15) is 22.8 Å². The number of carbonyl (C=O) groups excluding carboxylic acids is 2. The Labute approximate surface area is 166 Å². The lowest BCUT2D eigenvalue weighted by atomic mass is 10.0. The summed E-state index contributed by atoms with van der Waals surface area (Å²) in [6.07, 6.45) is 1.72. The van der Waals surface area contributed by atoms with Crippen LogP contribution >= 0.6 is 11.6 Å². The Balaban J connectivity index is 1.85. The number of nitrogens with zero attached hydrogens (tertiary/aromatic N) is 2. The summed E-state index contributed by atoms with van der Waals surface area (Å²) in [5.74, 6) is -0.554. The third-order valence-corrected chi connectivity index (χ3v) is 4.67. The predicted octanol–water partition coefficient (Wildman–Crippen LogP) is 4.73. The van der Waals surface area contributed by atoms with E-state index in [2.05, 4.69) is 4.98 Å². The molecule has 2 heterocycles. The van der Waals surface area contributed by atoms with Crippen molar-refractivity contribution in [2.45, 2.75) is 0 Å². The molecule has 0 saturated heterocycles. The molecule has 0 radical (unpaired) electrons. The molecule has 4 rings (SSSR count). The number of pyridine rings is 1. The second-order valence-electron chi connectivity index (χ2n) is 6.13. The van der Waals surface area contributed by atoms with Crippen molar-refractivity contribution in [3.63, 3.8) is 0 Å². The number of Topliss-reactive ketones (excluding diaryl/α,β-unsaturated/α-hetero) is 2. The summed E-state index contributed by atoms with van der Waals surface area (Å²) >= 11 is 5.88. The highest BCUT2D eigenvalue weighted by Gasteiger charge is 2.26. The zero-order valence-corrected chi connectivity index (χ0v) is 15.7. The van der Waals surface area contributed by atoms with Gasteiger partial charge in [-0.25, -0.2) is 4.98 Å². The minimum atomic E-state index is -0.633. The van der Waals surface area contributed by atoms with Gasteiger partial charge in [0.25, 0.3) is 5.78 Å². The number of ketones is 2. The quantitative estimate of drug-likeness (QED) is 0.365. The summed E-state index contributed by atoms with van der Waals surface area (Å²) in [6, 6.07) is 18.8. The molecule has 0 spiro atoms. The van der Waals surface area contributed by atoms with Crippen LogP contribution in [0, 0.1) is 0 Å². The number of methoxy groups -OCH3 is 1. The van der Waals surface area contributed by atoms with E-state index in [-0.39, 0.29) is 11.3 Å². The van der Waals surface area contributed by atoms with Crippen molar-refractivity contribution >= 4 is 28.8 Å². The van der Waals surface area contributed by atoms with E-state index >= 15 is 0 Å². The normalized spacial score (nSPS) is 10.8. The number of ether oxygens (including phenoxy) is 1. The number of fused-ring (bicyclic) bond motifs is 1. The molecule has 0 bridgehead atoms. The van der Waals surface area contributed by atoms with E-state index in [4.69, 9.17) is 16.3 Å². The summed E-state index contributed by atoms with van der Waals surface area (Å²) in [6.45, 7) is 0. The second kappa shape index (κ2) is 7.29. The number of aromatic nitrogens is 2. The zero-order chi connectivity index (χ0) is 19.7. The molecule has 5 nitrogen and oxygen atoms in total. The first-order chi connectivity index (χ1) is 13.6. The lowest BCUT2D eigenvalue weighted by molar-refractivity contribution is 0.0814. The molecule has 0 aliphatic rings. The lowest BCUT2D eigenvalue weighted by Gasteiger charge is -2.06. The maximum atomic E-state index is 13.2. The van der Waals surface area contributed by atoms with E-state index in [1.165, 1.54) is 0 Å². The van der Waals surface area contributed by atoms with E-state index in [1.807, 2.05) is 18.2 Å². The van der Waals surface area contributed by atoms with E-state index in [0.717, 1.165) is 5.56 Å². The SMILES string of the molecule is COc1ccc(-c2nc3ccccn3c2C(=O)C(=O)c2ccc(Cl)cc2)cc1. The Hall–Kier alpha value is -3.44. The highest BCUT2D eigenvalue weighted by molar-refractivity contribution is 6.49. The molecular formula is C22H15ClN2O3. The van der Waals surface area contributed by atoms with Crippen molar-refractivity contribution in [2.24, 2.45) is 0 Å². The molecule has 4 aromatic rings. The molecule has 0 fully saturated rings.